The fourth-order valence-electron chi connectivity index (χ4n) is 1.55. The van der Waals surface area contributed by atoms with Gasteiger partial charge in [-0.3, -0.25) is 9.89 Å². The molecule has 0 unspecified atom stereocenters. The molecule has 8 nitrogen and oxygen atoms in total. The maximum absolute atomic E-state index is 11.9. The molecule has 1 aromatic heterocycles. The van der Waals surface area contributed by atoms with Crippen molar-refractivity contribution in [2.45, 2.75) is 13.3 Å². The van der Waals surface area contributed by atoms with Gasteiger partial charge in [0.05, 0.1) is 11.3 Å². The quantitative estimate of drug-likeness (QED) is 0.617. The van der Waals surface area contributed by atoms with Crippen molar-refractivity contribution in [2.75, 3.05) is 5.32 Å². The van der Waals surface area contributed by atoms with Gasteiger partial charge in [0, 0.05) is 6.42 Å². The number of hydrogen-bond donors (Lipinski definition) is 4. The predicted molar refractivity (Wildman–Crippen MR) is 68.8 cm³/mol. The van der Waals surface area contributed by atoms with Crippen LogP contribution >= 0.6 is 0 Å². The van der Waals surface area contributed by atoms with E-state index in [-0.39, 0.29) is 22.8 Å². The number of aryl methyl sites for hydroxylation is 1. The number of phenols is 1. The van der Waals surface area contributed by atoms with Crippen LogP contribution in [-0.2, 0) is 6.42 Å². The number of amides is 1. The molecular formula is C12H12N4O4. The van der Waals surface area contributed by atoms with Crippen LogP contribution < -0.4 is 5.32 Å². The number of nitrogens with one attached hydrogen (secondary N) is 2. The Morgan fingerprint density at radius 2 is 2.15 bits per heavy atom. The number of carboxylic acid groups (broad SMARTS) is 1. The number of carbonyl (C=O) groups is 2. The molecule has 0 aliphatic heterocycles. The average molecular weight is 276 g/mol. The SMILES string of the molecule is CCc1nc(C(=O)Nc2ccc(O)cc2C(=O)O)n[nH]1. The fourth-order valence-corrected chi connectivity index (χ4v) is 1.55. The second-order valence-corrected chi connectivity index (χ2v) is 3.95. The standard InChI is InChI=1S/C12H12N4O4/c1-2-9-14-10(16-15-9)11(18)13-8-4-3-6(17)5-7(8)12(19)20/h3-5,17H,2H2,1H3,(H,13,18)(H,19,20)(H,14,15,16). The van der Waals surface area contributed by atoms with Crippen LogP contribution in [0, 0.1) is 0 Å². The van der Waals surface area contributed by atoms with Crippen LogP contribution in [0.2, 0.25) is 0 Å². The molecule has 2 rings (SSSR count). The molecule has 0 aliphatic carbocycles. The molecule has 0 radical (unpaired) electrons. The van der Waals surface area contributed by atoms with Gasteiger partial charge in [-0.2, -0.15) is 0 Å². The van der Waals surface area contributed by atoms with E-state index in [1.54, 1.807) is 0 Å². The largest absolute Gasteiger partial charge is 0.508 e. The number of aromatic amines is 1. The molecule has 0 fully saturated rings. The van der Waals surface area contributed by atoms with Crippen molar-refractivity contribution in [2.24, 2.45) is 0 Å². The maximum Gasteiger partial charge on any atom is 0.337 e. The first-order chi connectivity index (χ1) is 9.51. The molecule has 2 aromatic rings. The van der Waals surface area contributed by atoms with Crippen molar-refractivity contribution in [1.29, 1.82) is 0 Å². The lowest BCUT2D eigenvalue weighted by Gasteiger charge is -2.07. The number of benzene rings is 1. The van der Waals surface area contributed by atoms with E-state index in [0.29, 0.717) is 12.2 Å². The summed E-state index contributed by atoms with van der Waals surface area (Å²) in [4.78, 5) is 26.9. The first kappa shape index (κ1) is 13.5. The number of aromatic carboxylic acids is 1. The molecule has 104 valence electrons. The van der Waals surface area contributed by atoms with Gasteiger partial charge in [0.1, 0.15) is 11.6 Å². The highest BCUT2D eigenvalue weighted by atomic mass is 16.4. The Morgan fingerprint density at radius 1 is 1.40 bits per heavy atom. The summed E-state index contributed by atoms with van der Waals surface area (Å²) in [7, 11) is 0. The van der Waals surface area contributed by atoms with Crippen LogP contribution in [0.1, 0.15) is 33.7 Å². The lowest BCUT2D eigenvalue weighted by molar-refractivity contribution is 0.0697. The Kier molecular flexibility index (Phi) is 3.65. The zero-order chi connectivity index (χ0) is 14.7. The van der Waals surface area contributed by atoms with Crippen LogP contribution in [0.15, 0.2) is 18.2 Å². The van der Waals surface area contributed by atoms with Crippen molar-refractivity contribution in [3.8, 4) is 5.75 Å². The van der Waals surface area contributed by atoms with Crippen molar-refractivity contribution in [3.63, 3.8) is 0 Å². The topological polar surface area (TPSA) is 128 Å². The van der Waals surface area contributed by atoms with E-state index < -0.39 is 11.9 Å². The summed E-state index contributed by atoms with van der Waals surface area (Å²) in [6, 6.07) is 3.62. The van der Waals surface area contributed by atoms with Gasteiger partial charge in [-0.1, -0.05) is 6.92 Å². The molecule has 0 saturated heterocycles. The number of nitrogens with zero attached hydrogens (tertiary/aromatic N) is 2. The Morgan fingerprint density at radius 3 is 2.75 bits per heavy atom. The van der Waals surface area contributed by atoms with E-state index in [0.717, 1.165) is 6.07 Å². The monoisotopic (exact) mass is 276 g/mol. The molecule has 1 amide bonds. The van der Waals surface area contributed by atoms with Crippen LogP contribution in [0.3, 0.4) is 0 Å². The van der Waals surface area contributed by atoms with Crippen LogP contribution in [-0.4, -0.2) is 37.3 Å². The summed E-state index contributed by atoms with van der Waals surface area (Å²) in [5.41, 5.74) is -0.159. The highest BCUT2D eigenvalue weighted by Crippen LogP contribution is 2.21. The number of aromatic nitrogens is 3. The van der Waals surface area contributed by atoms with Gasteiger partial charge in [-0.15, -0.1) is 5.10 Å². The minimum Gasteiger partial charge on any atom is -0.508 e. The molecule has 20 heavy (non-hydrogen) atoms. The van der Waals surface area contributed by atoms with E-state index in [1.807, 2.05) is 6.92 Å². The van der Waals surface area contributed by atoms with Gasteiger partial charge in [-0.05, 0) is 18.2 Å². The van der Waals surface area contributed by atoms with Crippen molar-refractivity contribution in [1.82, 2.24) is 15.2 Å². The minimum atomic E-state index is -1.26. The summed E-state index contributed by atoms with van der Waals surface area (Å²) >= 11 is 0. The maximum atomic E-state index is 11.9. The van der Waals surface area contributed by atoms with Gasteiger partial charge in [0.15, 0.2) is 0 Å². The van der Waals surface area contributed by atoms with E-state index in [4.69, 9.17) is 5.11 Å². The smallest absolute Gasteiger partial charge is 0.337 e. The highest BCUT2D eigenvalue weighted by molar-refractivity contribution is 6.06. The van der Waals surface area contributed by atoms with E-state index in [9.17, 15) is 14.7 Å². The lowest BCUT2D eigenvalue weighted by Crippen LogP contribution is -2.16. The molecule has 0 atom stereocenters. The highest BCUT2D eigenvalue weighted by Gasteiger charge is 2.17. The Labute approximate surface area is 113 Å². The molecule has 4 N–H and O–H groups in total. The summed E-state index contributed by atoms with van der Waals surface area (Å²) in [5, 5.41) is 27.0. The number of aromatic hydroxyl groups is 1. The van der Waals surface area contributed by atoms with Crippen LogP contribution in [0.4, 0.5) is 5.69 Å². The zero-order valence-corrected chi connectivity index (χ0v) is 10.5. The van der Waals surface area contributed by atoms with Crippen molar-refractivity contribution >= 4 is 17.6 Å². The summed E-state index contributed by atoms with van der Waals surface area (Å²) < 4.78 is 0. The van der Waals surface area contributed by atoms with E-state index >= 15 is 0 Å². The Bertz CT molecular complexity index is 665. The Balaban J connectivity index is 2.25. The van der Waals surface area contributed by atoms with Crippen molar-refractivity contribution < 1.29 is 19.8 Å². The zero-order valence-electron chi connectivity index (χ0n) is 10.5. The number of carboxylic acids is 1. The first-order valence-electron chi connectivity index (χ1n) is 5.80. The molecular weight excluding hydrogens is 264 g/mol. The average Bonchev–Trinajstić information content (AvgIpc) is 2.89. The van der Waals surface area contributed by atoms with Crippen LogP contribution in [0.5, 0.6) is 5.75 Å². The normalized spacial score (nSPS) is 10.2. The molecule has 0 bridgehead atoms. The predicted octanol–water partition coefficient (Wildman–Crippen LogP) is 1.02. The molecule has 0 saturated carbocycles. The number of hydrogen-bond acceptors (Lipinski definition) is 5. The number of carbonyl (C=O) groups excluding carboxylic acids is 1. The third kappa shape index (κ3) is 2.74. The van der Waals surface area contributed by atoms with Gasteiger partial charge < -0.3 is 15.5 Å². The fraction of sp³-hybridized carbons (Fsp3) is 0.167. The molecule has 0 aliphatic rings. The molecule has 0 spiro atoms. The first-order valence-corrected chi connectivity index (χ1v) is 5.80. The van der Waals surface area contributed by atoms with Crippen molar-refractivity contribution in [3.05, 3.63) is 35.4 Å². The Hall–Kier alpha value is -2.90. The summed E-state index contributed by atoms with van der Waals surface area (Å²) in [6.45, 7) is 1.85. The third-order valence-corrected chi connectivity index (χ3v) is 2.55. The lowest BCUT2D eigenvalue weighted by atomic mass is 10.1. The number of rotatable bonds is 4. The number of H-pyrrole nitrogens is 1. The van der Waals surface area contributed by atoms with E-state index in [1.165, 1.54) is 12.1 Å². The minimum absolute atomic E-state index is 0.0585. The van der Waals surface area contributed by atoms with E-state index in [2.05, 4.69) is 20.5 Å². The molecule has 1 heterocycles. The molecule has 1 aromatic carbocycles. The number of phenolic OH excluding ortho intramolecular Hbond substituents is 1. The van der Waals surface area contributed by atoms with Gasteiger partial charge in [0.2, 0.25) is 5.82 Å². The second kappa shape index (κ2) is 5.39. The van der Waals surface area contributed by atoms with Crippen LogP contribution in [0.25, 0.3) is 0 Å². The van der Waals surface area contributed by atoms with Gasteiger partial charge in [-0.25, -0.2) is 9.78 Å². The summed E-state index contributed by atoms with van der Waals surface area (Å²) in [6.07, 6.45) is 0.597. The van der Waals surface area contributed by atoms with Gasteiger partial charge in [0.25, 0.3) is 5.91 Å². The third-order valence-electron chi connectivity index (χ3n) is 2.55. The van der Waals surface area contributed by atoms with Gasteiger partial charge >= 0.3 is 5.97 Å². The summed E-state index contributed by atoms with van der Waals surface area (Å²) in [5.74, 6) is -1.62. The molecule has 8 heteroatoms. The number of anilines is 1. The second-order valence-electron chi connectivity index (χ2n) is 3.95.